The highest BCUT2D eigenvalue weighted by molar-refractivity contribution is 6.05. The van der Waals surface area contributed by atoms with Gasteiger partial charge < -0.3 is 10.1 Å². The molecule has 7 heteroatoms. The molecule has 2 aromatic carbocycles. The molecule has 1 N–H and O–H groups in total. The van der Waals surface area contributed by atoms with Crippen LogP contribution in [0.3, 0.4) is 0 Å². The highest BCUT2D eigenvalue weighted by atomic mass is 19.3. The molecule has 0 aromatic heterocycles. The molecule has 1 amide bonds. The third-order valence-electron chi connectivity index (χ3n) is 4.15. The molecule has 2 aromatic rings. The number of nitrogens with zero attached hydrogens (tertiary/aromatic N) is 2. The molecule has 0 spiro atoms. The van der Waals surface area contributed by atoms with E-state index in [2.05, 4.69) is 15.2 Å². The second-order valence-electron chi connectivity index (χ2n) is 6.02. The van der Waals surface area contributed by atoms with Crippen LogP contribution in [0.1, 0.15) is 29.3 Å². The van der Waals surface area contributed by atoms with Crippen molar-refractivity contribution in [3.05, 3.63) is 53.6 Å². The third-order valence-corrected chi connectivity index (χ3v) is 4.15. The van der Waals surface area contributed by atoms with Gasteiger partial charge in [0.1, 0.15) is 5.75 Å². The Morgan fingerprint density at radius 3 is 2.54 bits per heavy atom. The van der Waals surface area contributed by atoms with Gasteiger partial charge in [0, 0.05) is 35.5 Å². The summed E-state index contributed by atoms with van der Waals surface area (Å²) in [5.74, 6) is -0.287. The van der Waals surface area contributed by atoms with Crippen LogP contribution in [-0.4, -0.2) is 24.8 Å². The normalized spacial score (nSPS) is 13.7. The number of anilines is 2. The second-order valence-corrected chi connectivity index (χ2v) is 6.02. The summed E-state index contributed by atoms with van der Waals surface area (Å²) < 4.78 is 29.3. The predicted octanol–water partition coefficient (Wildman–Crippen LogP) is 4.43. The van der Waals surface area contributed by atoms with Gasteiger partial charge in [-0.15, -0.1) is 0 Å². The van der Waals surface area contributed by atoms with Crippen molar-refractivity contribution >= 4 is 23.0 Å². The molecule has 5 nitrogen and oxygen atoms in total. The highest BCUT2D eigenvalue weighted by Gasteiger charge is 2.15. The standard InChI is InChI=1S/C19H19F2N3O2/c1-12-10-11-24(23-12)15-8-6-14(7-9-15)18(25)22-16-4-3-5-17(13(16)2)26-19(20)21/h3-9,19H,10-11H2,1-2H3,(H,22,25). The minimum atomic E-state index is -2.91. The van der Waals surface area contributed by atoms with Crippen molar-refractivity contribution in [3.63, 3.8) is 0 Å². The van der Waals surface area contributed by atoms with Crippen LogP contribution in [0.5, 0.6) is 5.75 Å². The number of alkyl halides is 2. The molecular weight excluding hydrogens is 340 g/mol. The molecule has 26 heavy (non-hydrogen) atoms. The van der Waals surface area contributed by atoms with Gasteiger partial charge in [0.25, 0.3) is 5.91 Å². The Morgan fingerprint density at radius 2 is 1.92 bits per heavy atom. The van der Waals surface area contributed by atoms with E-state index >= 15 is 0 Å². The highest BCUT2D eigenvalue weighted by Crippen LogP contribution is 2.27. The van der Waals surface area contributed by atoms with Crippen LogP contribution < -0.4 is 15.1 Å². The average Bonchev–Trinajstić information content (AvgIpc) is 3.04. The van der Waals surface area contributed by atoms with Gasteiger partial charge in [0.05, 0.1) is 5.69 Å². The Balaban J connectivity index is 1.72. The minimum absolute atomic E-state index is 0.0374. The van der Waals surface area contributed by atoms with Gasteiger partial charge in [-0.2, -0.15) is 13.9 Å². The lowest BCUT2D eigenvalue weighted by molar-refractivity contribution is -0.0502. The first-order valence-corrected chi connectivity index (χ1v) is 8.21. The monoisotopic (exact) mass is 359 g/mol. The summed E-state index contributed by atoms with van der Waals surface area (Å²) in [5.41, 5.74) is 3.33. The third kappa shape index (κ3) is 3.99. The van der Waals surface area contributed by atoms with Gasteiger partial charge in [-0.1, -0.05) is 6.07 Å². The first-order chi connectivity index (χ1) is 12.4. The van der Waals surface area contributed by atoms with E-state index in [1.165, 1.54) is 6.07 Å². The summed E-state index contributed by atoms with van der Waals surface area (Å²) in [6, 6.07) is 11.7. The maximum atomic E-state index is 12.4. The molecule has 0 saturated carbocycles. The smallest absolute Gasteiger partial charge is 0.387 e. The van der Waals surface area contributed by atoms with Gasteiger partial charge in [0.2, 0.25) is 0 Å². The van der Waals surface area contributed by atoms with E-state index in [-0.39, 0.29) is 11.7 Å². The molecular formula is C19H19F2N3O2. The molecule has 0 unspecified atom stereocenters. The van der Waals surface area contributed by atoms with Crippen molar-refractivity contribution < 1.29 is 18.3 Å². The van der Waals surface area contributed by atoms with Crippen LogP contribution in [0, 0.1) is 6.92 Å². The lowest BCUT2D eigenvalue weighted by atomic mass is 10.1. The summed E-state index contributed by atoms with van der Waals surface area (Å²) in [4.78, 5) is 12.4. The molecule has 0 saturated heterocycles. The first kappa shape index (κ1) is 17.8. The van der Waals surface area contributed by atoms with Crippen LogP contribution in [-0.2, 0) is 0 Å². The number of carbonyl (C=O) groups excluding carboxylic acids is 1. The molecule has 1 aliphatic heterocycles. The number of hydrogen-bond donors (Lipinski definition) is 1. The topological polar surface area (TPSA) is 53.9 Å². The molecule has 1 aliphatic rings. The van der Waals surface area contributed by atoms with E-state index in [4.69, 9.17) is 0 Å². The molecule has 0 radical (unpaired) electrons. The first-order valence-electron chi connectivity index (χ1n) is 8.21. The van der Waals surface area contributed by atoms with E-state index in [1.54, 1.807) is 31.2 Å². The summed E-state index contributed by atoms with van der Waals surface area (Å²) >= 11 is 0. The summed E-state index contributed by atoms with van der Waals surface area (Å²) in [6.45, 7) is 1.51. The molecule has 0 aliphatic carbocycles. The molecule has 0 bridgehead atoms. The van der Waals surface area contributed by atoms with Gasteiger partial charge in [-0.05, 0) is 50.2 Å². The Labute approximate surface area is 150 Å². The van der Waals surface area contributed by atoms with Gasteiger partial charge in [-0.3, -0.25) is 9.80 Å². The molecule has 0 atom stereocenters. The van der Waals surface area contributed by atoms with Crippen LogP contribution in [0.15, 0.2) is 47.6 Å². The Morgan fingerprint density at radius 1 is 1.19 bits per heavy atom. The summed E-state index contributed by atoms with van der Waals surface area (Å²) in [5, 5.41) is 9.05. The summed E-state index contributed by atoms with van der Waals surface area (Å²) in [7, 11) is 0. The van der Waals surface area contributed by atoms with Crippen molar-refractivity contribution in [2.24, 2.45) is 5.10 Å². The van der Waals surface area contributed by atoms with Crippen LogP contribution >= 0.6 is 0 Å². The van der Waals surface area contributed by atoms with Gasteiger partial charge in [0.15, 0.2) is 0 Å². The van der Waals surface area contributed by atoms with Crippen LogP contribution in [0.2, 0.25) is 0 Å². The van der Waals surface area contributed by atoms with E-state index in [9.17, 15) is 13.6 Å². The SMILES string of the molecule is CC1=NN(c2ccc(C(=O)Nc3cccc(OC(F)F)c3C)cc2)CC1. The largest absolute Gasteiger partial charge is 0.434 e. The van der Waals surface area contributed by atoms with Crippen molar-refractivity contribution in [1.29, 1.82) is 0 Å². The lowest BCUT2D eigenvalue weighted by Crippen LogP contribution is -2.15. The van der Waals surface area contributed by atoms with Crippen LogP contribution in [0.4, 0.5) is 20.2 Å². The van der Waals surface area contributed by atoms with E-state index in [1.807, 2.05) is 24.1 Å². The van der Waals surface area contributed by atoms with Crippen LogP contribution in [0.25, 0.3) is 0 Å². The fraction of sp³-hybridized carbons (Fsp3) is 0.263. The number of ether oxygens (including phenoxy) is 1. The van der Waals surface area contributed by atoms with E-state index < -0.39 is 6.61 Å². The van der Waals surface area contributed by atoms with Gasteiger partial charge in [-0.25, -0.2) is 0 Å². The van der Waals surface area contributed by atoms with E-state index in [0.717, 1.165) is 24.4 Å². The number of carbonyl (C=O) groups is 1. The average molecular weight is 359 g/mol. The zero-order chi connectivity index (χ0) is 18.7. The van der Waals surface area contributed by atoms with Gasteiger partial charge >= 0.3 is 6.61 Å². The Hall–Kier alpha value is -2.96. The molecule has 3 rings (SSSR count). The molecule has 1 heterocycles. The van der Waals surface area contributed by atoms with E-state index in [0.29, 0.717) is 16.8 Å². The Bertz CT molecular complexity index is 835. The zero-order valence-corrected chi connectivity index (χ0v) is 14.5. The maximum Gasteiger partial charge on any atom is 0.387 e. The fourth-order valence-corrected chi connectivity index (χ4v) is 2.71. The fourth-order valence-electron chi connectivity index (χ4n) is 2.71. The number of benzene rings is 2. The molecule has 0 fully saturated rings. The maximum absolute atomic E-state index is 12.4. The predicted molar refractivity (Wildman–Crippen MR) is 97.3 cm³/mol. The number of hydrazone groups is 1. The quantitative estimate of drug-likeness (QED) is 0.859. The summed E-state index contributed by atoms with van der Waals surface area (Å²) in [6.07, 6.45) is 0.929. The van der Waals surface area contributed by atoms with Crippen molar-refractivity contribution in [2.75, 3.05) is 16.9 Å². The van der Waals surface area contributed by atoms with Crippen molar-refractivity contribution in [3.8, 4) is 5.75 Å². The number of hydrogen-bond acceptors (Lipinski definition) is 4. The number of nitrogens with one attached hydrogen (secondary N) is 1. The van der Waals surface area contributed by atoms with Crippen molar-refractivity contribution in [1.82, 2.24) is 0 Å². The lowest BCUT2D eigenvalue weighted by Gasteiger charge is -2.15. The number of rotatable bonds is 5. The number of halogens is 2. The number of amides is 1. The minimum Gasteiger partial charge on any atom is -0.434 e. The van der Waals surface area contributed by atoms with Crippen molar-refractivity contribution in [2.45, 2.75) is 26.9 Å². The second kappa shape index (κ2) is 7.51. The Kier molecular flexibility index (Phi) is 5.16. The molecule has 136 valence electrons. The zero-order valence-electron chi connectivity index (χ0n) is 14.5.